The Labute approximate surface area is 48.1 Å². The van der Waals surface area contributed by atoms with Gasteiger partial charge in [-0.05, 0) is 12.5 Å². The van der Waals surface area contributed by atoms with Crippen molar-refractivity contribution in [2.24, 2.45) is 0 Å². The molecule has 0 heterocycles. The van der Waals surface area contributed by atoms with Gasteiger partial charge in [-0.2, -0.15) is 0 Å². The summed E-state index contributed by atoms with van der Waals surface area (Å²) in [4.78, 5) is 9.86. The molecule has 0 aromatic rings. The van der Waals surface area contributed by atoms with Gasteiger partial charge < -0.3 is 9.90 Å². The summed E-state index contributed by atoms with van der Waals surface area (Å²) in [5.41, 5.74) is 0.194. The minimum Gasteiger partial charge on any atom is -0.545 e. The second kappa shape index (κ2) is 3.02. The fourth-order valence-corrected chi connectivity index (χ4v) is 0.245. The average molecular weight is 111 g/mol. The van der Waals surface area contributed by atoms with Crippen LogP contribution in [0.1, 0.15) is 6.92 Å². The largest absolute Gasteiger partial charge is 0.545 e. The third-order valence-electron chi connectivity index (χ3n) is 0.690. The van der Waals surface area contributed by atoms with Gasteiger partial charge in [-0.3, -0.25) is 0 Å². The highest BCUT2D eigenvalue weighted by Gasteiger charge is 1.82. The molecule has 0 atom stereocenters. The van der Waals surface area contributed by atoms with Crippen LogP contribution in [-0.2, 0) is 4.79 Å². The van der Waals surface area contributed by atoms with E-state index in [1.54, 1.807) is 0 Å². The van der Waals surface area contributed by atoms with E-state index >= 15 is 0 Å². The molecule has 0 fully saturated rings. The van der Waals surface area contributed by atoms with Crippen molar-refractivity contribution < 1.29 is 9.90 Å². The number of rotatable bonds is 2. The molecular weight excluding hydrogens is 104 g/mol. The van der Waals surface area contributed by atoms with E-state index in [9.17, 15) is 9.90 Å². The lowest BCUT2D eigenvalue weighted by Gasteiger charge is -1.96. The van der Waals surface area contributed by atoms with Gasteiger partial charge >= 0.3 is 0 Å². The Morgan fingerprint density at radius 1 is 1.75 bits per heavy atom. The molecule has 44 valence electrons. The number of hydrogen-bond acceptors (Lipinski definition) is 2. The van der Waals surface area contributed by atoms with Gasteiger partial charge in [0.1, 0.15) is 0 Å². The molecule has 0 aliphatic rings. The van der Waals surface area contributed by atoms with Gasteiger partial charge in [-0.15, -0.1) is 0 Å². The lowest BCUT2D eigenvalue weighted by Crippen LogP contribution is -2.22. The molecule has 2 nitrogen and oxygen atoms in total. The minimum atomic E-state index is -1.15. The summed E-state index contributed by atoms with van der Waals surface area (Å²) in [6.45, 7) is 4.77. The van der Waals surface area contributed by atoms with E-state index in [2.05, 4.69) is 6.58 Å². The van der Waals surface area contributed by atoms with Crippen LogP contribution in [0, 0.1) is 0 Å². The summed E-state index contributed by atoms with van der Waals surface area (Å²) < 4.78 is 0. The summed E-state index contributed by atoms with van der Waals surface area (Å²) in [6, 6.07) is 0. The number of aliphatic carboxylic acids is 1. The highest BCUT2D eigenvalue weighted by Crippen LogP contribution is 1.87. The summed E-state index contributed by atoms with van der Waals surface area (Å²) in [5, 5.41) is 9.86. The molecule has 0 radical (unpaired) electrons. The van der Waals surface area contributed by atoms with Crippen LogP contribution in [0.2, 0.25) is 0 Å². The Bertz CT molecular complexity index is 133. The molecule has 0 N–H and O–H groups in total. The number of allylic oxidation sites excluding steroid dienone is 2. The second-order valence-electron chi connectivity index (χ2n) is 1.37. The first kappa shape index (κ1) is 6.95. The summed E-state index contributed by atoms with van der Waals surface area (Å²) in [7, 11) is 0. The van der Waals surface area contributed by atoms with Gasteiger partial charge in [0.05, 0.1) is 5.97 Å². The van der Waals surface area contributed by atoms with Crippen LogP contribution in [-0.4, -0.2) is 5.97 Å². The van der Waals surface area contributed by atoms with Crippen molar-refractivity contribution >= 4 is 5.97 Å². The summed E-state index contributed by atoms with van der Waals surface area (Å²) in [6.07, 6.45) is 2.79. The highest BCUT2D eigenvalue weighted by atomic mass is 16.4. The molecule has 0 aliphatic heterocycles. The first-order valence-corrected chi connectivity index (χ1v) is 2.19. The van der Waals surface area contributed by atoms with Crippen molar-refractivity contribution in [3.8, 4) is 0 Å². The van der Waals surface area contributed by atoms with Gasteiger partial charge in [0.2, 0.25) is 0 Å². The van der Waals surface area contributed by atoms with Crippen LogP contribution in [0.25, 0.3) is 0 Å². The predicted molar refractivity (Wildman–Crippen MR) is 29.0 cm³/mol. The SMILES string of the molecule is C=C/C=C(\C)C(=O)[O-]. The molecule has 0 unspecified atom stereocenters. The van der Waals surface area contributed by atoms with E-state index in [0.717, 1.165) is 0 Å². The van der Waals surface area contributed by atoms with Gasteiger partial charge in [0.15, 0.2) is 0 Å². The molecule has 0 spiro atoms. The van der Waals surface area contributed by atoms with Crippen molar-refractivity contribution in [2.75, 3.05) is 0 Å². The molecule has 2 heteroatoms. The predicted octanol–water partition coefficient (Wildman–Crippen LogP) is -0.131. The van der Waals surface area contributed by atoms with Gasteiger partial charge in [-0.1, -0.05) is 18.7 Å². The Balaban J connectivity index is 3.99. The van der Waals surface area contributed by atoms with E-state index in [4.69, 9.17) is 0 Å². The van der Waals surface area contributed by atoms with Crippen molar-refractivity contribution in [2.45, 2.75) is 6.92 Å². The van der Waals surface area contributed by atoms with Crippen LogP contribution < -0.4 is 5.11 Å². The molecule has 0 amide bonds. The van der Waals surface area contributed by atoms with Crippen LogP contribution in [0.5, 0.6) is 0 Å². The molecule has 0 aromatic carbocycles. The molecule has 0 aliphatic carbocycles. The third-order valence-corrected chi connectivity index (χ3v) is 0.690. The standard InChI is InChI=1S/C6H8O2/c1-3-4-5(2)6(7)8/h3-4H,1H2,2H3,(H,7,8)/p-1/b5-4+. The molecule has 0 saturated heterocycles. The monoisotopic (exact) mass is 111 g/mol. The zero-order valence-electron chi connectivity index (χ0n) is 4.68. The van der Waals surface area contributed by atoms with Gasteiger partial charge in [0, 0.05) is 0 Å². The lowest BCUT2D eigenvalue weighted by atomic mass is 10.3. The molecule has 0 bridgehead atoms. The number of carbonyl (C=O) groups is 1. The molecule has 0 rings (SSSR count). The van der Waals surface area contributed by atoms with Crippen molar-refractivity contribution in [3.63, 3.8) is 0 Å². The minimum absolute atomic E-state index is 0.194. The van der Waals surface area contributed by atoms with E-state index < -0.39 is 5.97 Å². The maximum atomic E-state index is 9.86. The zero-order chi connectivity index (χ0) is 6.57. The number of carbonyl (C=O) groups excluding carboxylic acids is 1. The molecule has 0 saturated carbocycles. The summed E-state index contributed by atoms with van der Waals surface area (Å²) in [5.74, 6) is -1.15. The van der Waals surface area contributed by atoms with Crippen molar-refractivity contribution in [1.82, 2.24) is 0 Å². The van der Waals surface area contributed by atoms with Crippen molar-refractivity contribution in [1.29, 1.82) is 0 Å². The Morgan fingerprint density at radius 3 is 2.38 bits per heavy atom. The Kier molecular flexibility index (Phi) is 2.62. The van der Waals surface area contributed by atoms with Crippen LogP contribution >= 0.6 is 0 Å². The van der Waals surface area contributed by atoms with E-state index in [1.165, 1.54) is 19.1 Å². The number of carboxylic acid groups (broad SMARTS) is 1. The summed E-state index contributed by atoms with van der Waals surface area (Å²) >= 11 is 0. The van der Waals surface area contributed by atoms with Gasteiger partial charge in [-0.25, -0.2) is 0 Å². The molecule has 8 heavy (non-hydrogen) atoms. The van der Waals surface area contributed by atoms with Gasteiger partial charge in [0.25, 0.3) is 0 Å². The molecule has 0 aromatic heterocycles. The third kappa shape index (κ3) is 2.18. The van der Waals surface area contributed by atoms with E-state index in [1.807, 2.05) is 0 Å². The Morgan fingerprint density at radius 2 is 2.25 bits per heavy atom. The Hall–Kier alpha value is -1.05. The van der Waals surface area contributed by atoms with Crippen molar-refractivity contribution in [3.05, 3.63) is 24.3 Å². The zero-order valence-corrected chi connectivity index (χ0v) is 4.68. The quantitative estimate of drug-likeness (QED) is 0.368. The second-order valence-corrected chi connectivity index (χ2v) is 1.37. The average Bonchev–Trinajstić information content (AvgIpc) is 1.67. The van der Waals surface area contributed by atoms with Crippen LogP contribution in [0.15, 0.2) is 24.3 Å². The van der Waals surface area contributed by atoms with E-state index in [-0.39, 0.29) is 5.57 Å². The topological polar surface area (TPSA) is 40.1 Å². The number of hydrogen-bond donors (Lipinski definition) is 0. The maximum Gasteiger partial charge on any atom is 0.0672 e. The van der Waals surface area contributed by atoms with Crippen LogP contribution in [0.3, 0.4) is 0 Å². The van der Waals surface area contributed by atoms with Crippen LogP contribution in [0.4, 0.5) is 0 Å². The highest BCUT2D eigenvalue weighted by molar-refractivity contribution is 5.84. The smallest absolute Gasteiger partial charge is 0.0672 e. The first-order valence-electron chi connectivity index (χ1n) is 2.19. The molecular formula is C6H7O2-. The first-order chi connectivity index (χ1) is 3.68. The number of carboxylic acids is 1. The fourth-order valence-electron chi connectivity index (χ4n) is 0.245. The normalized spacial score (nSPS) is 10.9. The maximum absolute atomic E-state index is 9.86. The fraction of sp³-hybridized carbons (Fsp3) is 0.167. The lowest BCUT2D eigenvalue weighted by molar-refractivity contribution is -0.299. The van der Waals surface area contributed by atoms with E-state index in [0.29, 0.717) is 0 Å².